The van der Waals surface area contributed by atoms with Crippen LogP contribution in [0.2, 0.25) is 0 Å². The van der Waals surface area contributed by atoms with Gasteiger partial charge >= 0.3 is 12.1 Å². The zero-order chi connectivity index (χ0) is 18.1. The van der Waals surface area contributed by atoms with Gasteiger partial charge in [-0.2, -0.15) is 0 Å². The molecule has 144 valence electrons. The van der Waals surface area contributed by atoms with E-state index in [1.165, 1.54) is 0 Å². The minimum absolute atomic E-state index is 0.0364. The number of rotatable bonds is 7. The van der Waals surface area contributed by atoms with E-state index in [4.69, 9.17) is 9.47 Å². The lowest BCUT2D eigenvalue weighted by atomic mass is 9.84. The highest BCUT2D eigenvalue weighted by molar-refractivity contribution is 5.75. The summed E-state index contributed by atoms with van der Waals surface area (Å²) in [5.74, 6) is 0. The van der Waals surface area contributed by atoms with Crippen molar-refractivity contribution in [2.75, 3.05) is 46.5 Å². The number of amides is 4. The van der Waals surface area contributed by atoms with Crippen molar-refractivity contribution in [1.82, 2.24) is 20.9 Å². The Labute approximate surface area is 150 Å². The third-order valence-electron chi connectivity index (χ3n) is 5.01. The maximum absolute atomic E-state index is 12.3. The van der Waals surface area contributed by atoms with Crippen molar-refractivity contribution < 1.29 is 19.1 Å². The van der Waals surface area contributed by atoms with Crippen LogP contribution in [-0.2, 0) is 9.47 Å². The lowest BCUT2D eigenvalue weighted by Crippen LogP contribution is -2.59. The van der Waals surface area contributed by atoms with Gasteiger partial charge in [0.2, 0.25) is 0 Å². The van der Waals surface area contributed by atoms with E-state index in [1.54, 1.807) is 12.0 Å². The van der Waals surface area contributed by atoms with Crippen molar-refractivity contribution in [1.29, 1.82) is 0 Å². The first-order valence-corrected chi connectivity index (χ1v) is 9.28. The highest BCUT2D eigenvalue weighted by atomic mass is 16.5. The predicted molar refractivity (Wildman–Crippen MR) is 94.6 cm³/mol. The zero-order valence-corrected chi connectivity index (χ0v) is 15.4. The van der Waals surface area contributed by atoms with Gasteiger partial charge in [0, 0.05) is 52.0 Å². The average Bonchev–Trinajstić information content (AvgIpc) is 3.13. The summed E-state index contributed by atoms with van der Waals surface area (Å²) >= 11 is 0. The monoisotopic (exact) mass is 356 g/mol. The molecule has 0 spiro atoms. The third kappa shape index (κ3) is 6.04. The normalized spacial score (nSPS) is 22.5. The van der Waals surface area contributed by atoms with Crippen LogP contribution in [0.15, 0.2) is 0 Å². The lowest BCUT2D eigenvalue weighted by Gasteiger charge is -2.42. The number of hydrogen-bond donors (Lipinski definition) is 3. The Bertz CT molecular complexity index is 432. The van der Waals surface area contributed by atoms with E-state index in [-0.39, 0.29) is 23.7 Å². The minimum atomic E-state index is -0.334. The van der Waals surface area contributed by atoms with Gasteiger partial charge in [-0.3, -0.25) is 0 Å². The Kier molecular flexibility index (Phi) is 7.77. The van der Waals surface area contributed by atoms with Gasteiger partial charge in [0.15, 0.2) is 0 Å². The first-order chi connectivity index (χ1) is 12.1. The number of hydrogen-bond acceptors (Lipinski definition) is 4. The number of carbonyl (C=O) groups is 2. The predicted octanol–water partition coefficient (Wildman–Crippen LogP) is 1.07. The number of carbonyl (C=O) groups excluding carboxylic acids is 2. The zero-order valence-electron chi connectivity index (χ0n) is 15.4. The quantitative estimate of drug-likeness (QED) is 0.636. The molecular weight excluding hydrogens is 324 g/mol. The molecule has 1 atom stereocenters. The Hall–Kier alpha value is -1.54. The molecule has 8 nitrogen and oxygen atoms in total. The molecule has 1 unspecified atom stereocenters. The van der Waals surface area contributed by atoms with Gasteiger partial charge in [-0.15, -0.1) is 0 Å². The molecule has 0 aliphatic carbocycles. The van der Waals surface area contributed by atoms with Crippen LogP contribution >= 0.6 is 0 Å². The molecule has 0 aromatic carbocycles. The van der Waals surface area contributed by atoms with Gasteiger partial charge in [-0.25, -0.2) is 9.59 Å². The number of nitrogens with zero attached hydrogens (tertiary/aromatic N) is 1. The number of methoxy groups -OCH3 is 1. The molecule has 0 aromatic rings. The van der Waals surface area contributed by atoms with Crippen molar-refractivity contribution in [2.24, 2.45) is 0 Å². The van der Waals surface area contributed by atoms with E-state index >= 15 is 0 Å². The molecule has 2 rings (SSSR count). The smallest absolute Gasteiger partial charge is 0.317 e. The van der Waals surface area contributed by atoms with Crippen LogP contribution < -0.4 is 16.0 Å². The molecule has 0 radical (unpaired) electrons. The second-order valence-electron chi connectivity index (χ2n) is 6.82. The third-order valence-corrected chi connectivity index (χ3v) is 5.01. The molecule has 2 saturated heterocycles. The van der Waals surface area contributed by atoms with Crippen LogP contribution in [0.5, 0.6) is 0 Å². The molecule has 3 N–H and O–H groups in total. The number of urea groups is 2. The standard InChI is InChI=1S/C17H32N4O4/c1-3-18-16(23)21-9-6-17(7-10-21,8-12-24-2)20-15(22)19-13-14-5-4-11-25-14/h14H,3-13H2,1-2H3,(H,18,23)(H2,19,20,22). The van der Waals surface area contributed by atoms with Crippen LogP contribution in [0, 0.1) is 0 Å². The summed E-state index contributed by atoms with van der Waals surface area (Å²) in [6.45, 7) is 5.67. The van der Waals surface area contributed by atoms with Crippen molar-refractivity contribution in [3.05, 3.63) is 0 Å². The lowest BCUT2D eigenvalue weighted by molar-refractivity contribution is 0.100. The van der Waals surface area contributed by atoms with Gasteiger partial charge in [-0.1, -0.05) is 0 Å². The van der Waals surface area contributed by atoms with Gasteiger partial charge in [0.1, 0.15) is 0 Å². The Morgan fingerprint density at radius 1 is 1.28 bits per heavy atom. The summed E-state index contributed by atoms with van der Waals surface area (Å²) < 4.78 is 10.8. The molecular formula is C17H32N4O4. The summed E-state index contributed by atoms with van der Waals surface area (Å²) in [4.78, 5) is 26.1. The van der Waals surface area contributed by atoms with E-state index in [9.17, 15) is 9.59 Å². The van der Waals surface area contributed by atoms with Gasteiger partial charge in [-0.05, 0) is 39.0 Å². The Morgan fingerprint density at radius 2 is 2.04 bits per heavy atom. The molecule has 2 fully saturated rings. The molecule has 0 bridgehead atoms. The largest absolute Gasteiger partial charge is 0.385 e. The second-order valence-corrected chi connectivity index (χ2v) is 6.82. The highest BCUT2D eigenvalue weighted by Gasteiger charge is 2.37. The van der Waals surface area contributed by atoms with Crippen LogP contribution in [-0.4, -0.2) is 75.1 Å². The van der Waals surface area contributed by atoms with E-state index < -0.39 is 0 Å². The second kappa shape index (κ2) is 9.82. The Balaban J connectivity index is 1.84. The molecule has 8 heteroatoms. The van der Waals surface area contributed by atoms with E-state index in [1.807, 2.05) is 6.92 Å². The van der Waals surface area contributed by atoms with Crippen LogP contribution in [0.4, 0.5) is 9.59 Å². The summed E-state index contributed by atoms with van der Waals surface area (Å²) in [6, 6.07) is -0.205. The van der Waals surface area contributed by atoms with E-state index in [0.29, 0.717) is 32.8 Å². The molecule has 0 saturated carbocycles. The molecule has 25 heavy (non-hydrogen) atoms. The molecule has 2 heterocycles. The van der Waals surface area contributed by atoms with Crippen molar-refractivity contribution in [3.63, 3.8) is 0 Å². The van der Waals surface area contributed by atoms with Gasteiger partial charge < -0.3 is 30.3 Å². The van der Waals surface area contributed by atoms with E-state index in [0.717, 1.165) is 38.7 Å². The topological polar surface area (TPSA) is 91.9 Å². The maximum atomic E-state index is 12.3. The van der Waals surface area contributed by atoms with Crippen LogP contribution in [0.1, 0.15) is 39.0 Å². The molecule has 2 aliphatic rings. The van der Waals surface area contributed by atoms with Gasteiger partial charge in [0.05, 0.1) is 6.10 Å². The number of piperidine rings is 1. The summed E-state index contributed by atoms with van der Waals surface area (Å²) in [7, 11) is 1.66. The maximum Gasteiger partial charge on any atom is 0.317 e. The van der Waals surface area contributed by atoms with Crippen molar-refractivity contribution in [3.8, 4) is 0 Å². The first kappa shape index (κ1) is 19.8. The van der Waals surface area contributed by atoms with Crippen molar-refractivity contribution in [2.45, 2.75) is 50.7 Å². The number of nitrogens with one attached hydrogen (secondary N) is 3. The van der Waals surface area contributed by atoms with Crippen molar-refractivity contribution >= 4 is 12.1 Å². The Morgan fingerprint density at radius 3 is 2.64 bits per heavy atom. The molecule has 0 aromatic heterocycles. The fourth-order valence-corrected chi connectivity index (χ4v) is 3.43. The van der Waals surface area contributed by atoms with Gasteiger partial charge in [0.25, 0.3) is 0 Å². The summed E-state index contributed by atoms with van der Waals surface area (Å²) in [5, 5.41) is 8.88. The number of ether oxygens (including phenoxy) is 2. The minimum Gasteiger partial charge on any atom is -0.385 e. The van der Waals surface area contributed by atoms with E-state index in [2.05, 4.69) is 16.0 Å². The molecule has 2 aliphatic heterocycles. The fourth-order valence-electron chi connectivity index (χ4n) is 3.43. The highest BCUT2D eigenvalue weighted by Crippen LogP contribution is 2.26. The van der Waals surface area contributed by atoms with Crippen LogP contribution in [0.25, 0.3) is 0 Å². The number of likely N-dealkylation sites (tertiary alicyclic amines) is 1. The summed E-state index contributed by atoms with van der Waals surface area (Å²) in [5.41, 5.74) is -0.334. The van der Waals surface area contributed by atoms with Crippen LogP contribution in [0.3, 0.4) is 0 Å². The first-order valence-electron chi connectivity index (χ1n) is 9.28. The fraction of sp³-hybridized carbons (Fsp3) is 0.882. The SMILES string of the molecule is CCNC(=O)N1CCC(CCOC)(NC(=O)NCC2CCCO2)CC1. The average molecular weight is 356 g/mol. The summed E-state index contributed by atoms with van der Waals surface area (Å²) in [6.07, 6.45) is 4.36. The molecule has 4 amide bonds.